The highest BCUT2D eigenvalue weighted by atomic mass is 16.2. The van der Waals surface area contributed by atoms with Gasteiger partial charge in [0.2, 0.25) is 5.91 Å². The van der Waals surface area contributed by atoms with E-state index in [2.05, 4.69) is 45.1 Å². The topological polar surface area (TPSA) is 78.6 Å². The molecule has 1 aliphatic rings. The monoisotopic (exact) mass is 416 g/mol. The Balaban J connectivity index is 1.40. The molecular weight excluding hydrogens is 388 g/mol. The first kappa shape index (κ1) is 20.8. The van der Waals surface area contributed by atoms with Crippen LogP contribution in [-0.2, 0) is 11.3 Å². The third-order valence-electron chi connectivity index (χ3n) is 5.64. The maximum atomic E-state index is 11.7. The maximum absolute atomic E-state index is 11.7. The molecule has 2 aromatic heterocycles. The van der Waals surface area contributed by atoms with Crippen molar-refractivity contribution < 1.29 is 4.79 Å². The van der Waals surface area contributed by atoms with E-state index in [1.807, 2.05) is 30.6 Å². The third kappa shape index (κ3) is 5.00. The summed E-state index contributed by atoms with van der Waals surface area (Å²) in [5.74, 6) is 0.930. The number of likely N-dealkylation sites (N-methyl/N-ethyl adjacent to an activating group) is 1. The first-order valence-electron chi connectivity index (χ1n) is 10.5. The van der Waals surface area contributed by atoms with Gasteiger partial charge in [0.15, 0.2) is 0 Å². The number of anilines is 2. The summed E-state index contributed by atoms with van der Waals surface area (Å²) in [6, 6.07) is 16.5. The second-order valence-electron chi connectivity index (χ2n) is 7.74. The van der Waals surface area contributed by atoms with E-state index in [1.54, 1.807) is 18.1 Å². The number of hydrogen-bond acceptors (Lipinski definition) is 6. The Kier molecular flexibility index (Phi) is 6.43. The second kappa shape index (κ2) is 9.57. The number of aromatic nitrogens is 2. The van der Waals surface area contributed by atoms with Crippen molar-refractivity contribution in [3.05, 3.63) is 72.7 Å². The van der Waals surface area contributed by atoms with E-state index in [9.17, 15) is 4.79 Å². The van der Waals surface area contributed by atoms with Gasteiger partial charge in [-0.1, -0.05) is 18.2 Å². The molecule has 0 radical (unpaired) electrons. The van der Waals surface area contributed by atoms with E-state index < -0.39 is 0 Å². The largest absolute Gasteiger partial charge is 0.367 e. The Hall–Kier alpha value is -3.45. The lowest BCUT2D eigenvalue weighted by Crippen LogP contribution is -2.46. The zero-order chi connectivity index (χ0) is 21.6. The molecule has 1 saturated heterocycles. The molecule has 3 aromatic rings. The zero-order valence-electron chi connectivity index (χ0n) is 17.8. The highest BCUT2D eigenvalue weighted by molar-refractivity contribution is 5.77. The summed E-state index contributed by atoms with van der Waals surface area (Å²) in [7, 11) is 1.77. The van der Waals surface area contributed by atoms with Crippen molar-refractivity contribution in [2.75, 3.05) is 49.6 Å². The normalized spacial score (nSPS) is 13.9. The summed E-state index contributed by atoms with van der Waals surface area (Å²) in [6.07, 6.45) is 5.65. The first-order valence-corrected chi connectivity index (χ1v) is 10.5. The van der Waals surface area contributed by atoms with E-state index in [4.69, 9.17) is 10.7 Å². The third-order valence-corrected chi connectivity index (χ3v) is 5.64. The molecule has 0 unspecified atom stereocenters. The van der Waals surface area contributed by atoms with Crippen molar-refractivity contribution in [2.24, 2.45) is 5.73 Å². The van der Waals surface area contributed by atoms with Gasteiger partial charge in [0.25, 0.3) is 0 Å². The van der Waals surface area contributed by atoms with Crippen molar-refractivity contribution in [1.29, 1.82) is 0 Å². The van der Waals surface area contributed by atoms with Crippen LogP contribution in [0.25, 0.3) is 11.1 Å². The van der Waals surface area contributed by atoms with Gasteiger partial charge in [0, 0.05) is 57.7 Å². The smallest absolute Gasteiger partial charge is 0.236 e. The summed E-state index contributed by atoms with van der Waals surface area (Å²) in [5.41, 5.74) is 9.84. The predicted molar refractivity (Wildman–Crippen MR) is 124 cm³/mol. The van der Waals surface area contributed by atoms with Crippen LogP contribution in [0.5, 0.6) is 0 Å². The number of hydrogen-bond donors (Lipinski definition) is 1. The van der Waals surface area contributed by atoms with Crippen LogP contribution in [0.4, 0.5) is 11.5 Å². The van der Waals surface area contributed by atoms with Crippen molar-refractivity contribution in [1.82, 2.24) is 14.9 Å². The summed E-state index contributed by atoms with van der Waals surface area (Å²) in [4.78, 5) is 27.0. The number of nitrogens with zero attached hydrogens (tertiary/aromatic N) is 5. The average molecular weight is 417 g/mol. The number of carbonyl (C=O) groups excluding carboxylic acids is 1. The predicted octanol–water partition coefficient (Wildman–Crippen LogP) is 2.39. The number of piperazine rings is 1. The molecule has 0 spiro atoms. The van der Waals surface area contributed by atoms with Crippen LogP contribution < -0.4 is 15.5 Å². The summed E-state index contributed by atoms with van der Waals surface area (Å²) >= 11 is 0. The first-order chi connectivity index (χ1) is 15.1. The minimum absolute atomic E-state index is 0.0259. The Morgan fingerprint density at radius 2 is 1.81 bits per heavy atom. The molecule has 160 valence electrons. The molecule has 7 nitrogen and oxygen atoms in total. The molecule has 1 fully saturated rings. The maximum Gasteiger partial charge on any atom is 0.236 e. The highest BCUT2D eigenvalue weighted by Gasteiger charge is 2.18. The van der Waals surface area contributed by atoms with Gasteiger partial charge in [-0.15, -0.1) is 0 Å². The molecule has 1 amide bonds. The highest BCUT2D eigenvalue weighted by Crippen LogP contribution is 2.24. The minimum Gasteiger partial charge on any atom is -0.367 e. The van der Waals surface area contributed by atoms with Gasteiger partial charge in [-0.2, -0.15) is 0 Å². The molecule has 7 heteroatoms. The molecule has 1 aliphatic heterocycles. The molecule has 3 heterocycles. The SMILES string of the molecule is CN(Cc1cccc(-c2ccc(N3CCN(c4cccnc4)CC3)nc2)c1)C(=O)CN. The molecule has 4 rings (SSSR count). The van der Waals surface area contributed by atoms with Gasteiger partial charge in [-0.3, -0.25) is 9.78 Å². The van der Waals surface area contributed by atoms with E-state index in [0.717, 1.165) is 48.7 Å². The van der Waals surface area contributed by atoms with Crippen LogP contribution in [0.1, 0.15) is 5.56 Å². The molecule has 2 N–H and O–H groups in total. The Morgan fingerprint density at radius 1 is 1.00 bits per heavy atom. The number of benzene rings is 1. The van der Waals surface area contributed by atoms with E-state index >= 15 is 0 Å². The van der Waals surface area contributed by atoms with Gasteiger partial charge in [0.1, 0.15) is 5.82 Å². The lowest BCUT2D eigenvalue weighted by atomic mass is 10.0. The van der Waals surface area contributed by atoms with E-state index in [1.165, 1.54) is 5.69 Å². The number of rotatable bonds is 6. The van der Waals surface area contributed by atoms with Crippen molar-refractivity contribution in [2.45, 2.75) is 6.54 Å². The molecule has 0 saturated carbocycles. The quantitative estimate of drug-likeness (QED) is 0.665. The van der Waals surface area contributed by atoms with Gasteiger partial charge in [-0.05, 0) is 41.5 Å². The number of carbonyl (C=O) groups is 1. The number of pyridine rings is 2. The van der Waals surface area contributed by atoms with Gasteiger partial charge in [-0.25, -0.2) is 4.98 Å². The zero-order valence-corrected chi connectivity index (χ0v) is 17.8. The van der Waals surface area contributed by atoms with Crippen LogP contribution in [0.15, 0.2) is 67.1 Å². The fraction of sp³-hybridized carbons (Fsp3) is 0.292. The summed E-state index contributed by atoms with van der Waals surface area (Å²) in [6.45, 7) is 4.32. The van der Waals surface area contributed by atoms with E-state index in [-0.39, 0.29) is 12.5 Å². The van der Waals surface area contributed by atoms with Crippen LogP contribution in [0, 0.1) is 0 Å². The average Bonchev–Trinajstić information content (AvgIpc) is 2.84. The summed E-state index contributed by atoms with van der Waals surface area (Å²) < 4.78 is 0. The Labute approximate surface area is 183 Å². The molecule has 31 heavy (non-hydrogen) atoms. The fourth-order valence-corrected chi connectivity index (χ4v) is 3.85. The Bertz CT molecular complexity index is 1000. The van der Waals surface area contributed by atoms with Gasteiger partial charge in [0.05, 0.1) is 18.4 Å². The molecular formula is C24H28N6O. The lowest BCUT2D eigenvalue weighted by Gasteiger charge is -2.36. The van der Waals surface area contributed by atoms with Crippen molar-refractivity contribution in [3.63, 3.8) is 0 Å². The number of nitrogens with two attached hydrogens (primary N) is 1. The second-order valence-corrected chi connectivity index (χ2v) is 7.74. The molecule has 0 aliphatic carbocycles. The van der Waals surface area contributed by atoms with E-state index in [0.29, 0.717) is 6.54 Å². The van der Waals surface area contributed by atoms with Crippen molar-refractivity contribution >= 4 is 17.4 Å². The standard InChI is InChI=1S/C24H28N6O/c1-28(24(31)15-25)18-19-4-2-5-20(14-19)21-7-8-23(27-16-21)30-12-10-29(11-13-30)22-6-3-9-26-17-22/h2-9,14,16-17H,10-13,15,18,25H2,1H3. The van der Waals surface area contributed by atoms with Crippen LogP contribution in [-0.4, -0.2) is 60.5 Å². The van der Waals surface area contributed by atoms with Crippen LogP contribution >= 0.6 is 0 Å². The van der Waals surface area contributed by atoms with Crippen LogP contribution in [0.2, 0.25) is 0 Å². The molecule has 0 atom stereocenters. The van der Waals surface area contributed by atoms with Crippen LogP contribution in [0.3, 0.4) is 0 Å². The van der Waals surface area contributed by atoms with Gasteiger partial charge >= 0.3 is 0 Å². The number of amides is 1. The van der Waals surface area contributed by atoms with Crippen molar-refractivity contribution in [3.8, 4) is 11.1 Å². The molecule has 0 bridgehead atoms. The lowest BCUT2D eigenvalue weighted by molar-refractivity contribution is -0.128. The fourth-order valence-electron chi connectivity index (χ4n) is 3.85. The summed E-state index contributed by atoms with van der Waals surface area (Å²) in [5, 5.41) is 0. The van der Waals surface area contributed by atoms with Gasteiger partial charge < -0.3 is 20.4 Å². The minimum atomic E-state index is -0.0694. The Morgan fingerprint density at radius 3 is 2.48 bits per heavy atom. The molecule has 1 aromatic carbocycles.